The number of aromatic nitrogens is 3. The maximum atomic E-state index is 6.38. The Bertz CT molecular complexity index is 802. The van der Waals surface area contributed by atoms with Gasteiger partial charge in [-0.1, -0.05) is 37.6 Å². The molecule has 2 heterocycles. The predicted molar refractivity (Wildman–Crippen MR) is 135 cm³/mol. The van der Waals surface area contributed by atoms with E-state index in [1.165, 1.54) is 0 Å². The number of rotatable bonds is 7. The zero-order chi connectivity index (χ0) is 20.6. The van der Waals surface area contributed by atoms with Gasteiger partial charge in [-0.3, -0.25) is 4.99 Å². The largest absolute Gasteiger partial charge is 0.367 e. The van der Waals surface area contributed by atoms with Crippen LogP contribution in [0.25, 0.3) is 0 Å². The minimum absolute atomic E-state index is 0. The molecule has 0 saturated carbocycles. The van der Waals surface area contributed by atoms with Crippen LogP contribution in [0.15, 0.2) is 35.6 Å². The quantitative estimate of drug-likeness (QED) is 0.327. The van der Waals surface area contributed by atoms with E-state index in [2.05, 4.69) is 56.7 Å². The molecular formula is C21H33ClIN7. The maximum Gasteiger partial charge on any atom is 0.194 e. The number of guanidine groups is 1. The normalized spacial score (nSPS) is 15.7. The Hall–Kier alpha value is -1.55. The molecule has 1 N–H and O–H groups in total. The lowest BCUT2D eigenvalue weighted by atomic mass is 10.2. The number of para-hydroxylation sites is 1. The first-order chi connectivity index (χ1) is 14.1. The van der Waals surface area contributed by atoms with E-state index in [4.69, 9.17) is 16.6 Å². The third-order valence-electron chi connectivity index (χ3n) is 5.37. The summed E-state index contributed by atoms with van der Waals surface area (Å²) in [4.78, 5) is 9.62. The highest BCUT2D eigenvalue weighted by Crippen LogP contribution is 2.26. The van der Waals surface area contributed by atoms with Gasteiger partial charge in [0.2, 0.25) is 0 Å². The number of anilines is 1. The monoisotopic (exact) mass is 545 g/mol. The highest BCUT2D eigenvalue weighted by molar-refractivity contribution is 14.0. The number of hydrogen-bond acceptors (Lipinski definition) is 4. The van der Waals surface area contributed by atoms with E-state index >= 15 is 0 Å². The number of aryl methyl sites for hydroxylation is 1. The van der Waals surface area contributed by atoms with Crippen LogP contribution in [0.5, 0.6) is 0 Å². The van der Waals surface area contributed by atoms with Crippen molar-refractivity contribution in [2.75, 3.05) is 37.6 Å². The number of aliphatic imine (C=N–C) groups is 1. The van der Waals surface area contributed by atoms with Gasteiger partial charge in [0.15, 0.2) is 5.96 Å². The van der Waals surface area contributed by atoms with Gasteiger partial charge in [0.25, 0.3) is 0 Å². The average molecular weight is 546 g/mol. The van der Waals surface area contributed by atoms with Crippen LogP contribution < -0.4 is 10.2 Å². The van der Waals surface area contributed by atoms with Gasteiger partial charge in [0.1, 0.15) is 12.2 Å². The van der Waals surface area contributed by atoms with Crippen molar-refractivity contribution in [3.63, 3.8) is 0 Å². The Morgan fingerprint density at radius 2 is 1.93 bits per heavy atom. The first-order valence-corrected chi connectivity index (χ1v) is 10.9. The topological polar surface area (TPSA) is 61.6 Å². The van der Waals surface area contributed by atoms with Crippen LogP contribution in [-0.4, -0.2) is 64.4 Å². The number of halogens is 2. The molecule has 166 valence electrons. The summed E-state index contributed by atoms with van der Waals surface area (Å²) in [5.41, 5.74) is 1.11. The molecule has 0 bridgehead atoms. The summed E-state index contributed by atoms with van der Waals surface area (Å²) < 4.78 is 2.08. The van der Waals surface area contributed by atoms with Crippen molar-refractivity contribution in [1.82, 2.24) is 25.0 Å². The van der Waals surface area contributed by atoms with Crippen molar-refractivity contribution in [2.24, 2.45) is 4.99 Å². The standard InChI is InChI=1S/C21H32ClN7.HI/c1-4-17(3)25-21(23-10-11-29-16-24-26-20(29)5-2)28-14-12-27(13-15-28)19-9-7-6-8-18(19)22;/h6-9,16-17H,4-5,10-15H2,1-3H3,(H,23,25);1H. The molecule has 1 aliphatic rings. The van der Waals surface area contributed by atoms with Gasteiger partial charge >= 0.3 is 0 Å². The minimum Gasteiger partial charge on any atom is -0.367 e. The number of hydrogen-bond donors (Lipinski definition) is 1. The molecule has 1 atom stereocenters. The van der Waals surface area contributed by atoms with E-state index in [1.807, 2.05) is 18.2 Å². The molecule has 1 aromatic carbocycles. The number of nitrogens with one attached hydrogen (secondary N) is 1. The number of piperazine rings is 1. The molecule has 0 amide bonds. The van der Waals surface area contributed by atoms with Crippen LogP contribution in [0.1, 0.15) is 33.0 Å². The Balaban J connectivity index is 0.00000320. The summed E-state index contributed by atoms with van der Waals surface area (Å²) in [5.74, 6) is 1.99. The Labute approximate surface area is 201 Å². The molecule has 0 aliphatic carbocycles. The lowest BCUT2D eigenvalue weighted by Crippen LogP contribution is -2.54. The van der Waals surface area contributed by atoms with Gasteiger partial charge in [0.05, 0.1) is 17.3 Å². The van der Waals surface area contributed by atoms with E-state index in [0.717, 1.165) is 68.1 Å². The van der Waals surface area contributed by atoms with E-state index in [-0.39, 0.29) is 24.0 Å². The Morgan fingerprint density at radius 1 is 1.20 bits per heavy atom. The lowest BCUT2D eigenvalue weighted by Gasteiger charge is -2.38. The Kier molecular flexibility index (Phi) is 10.2. The van der Waals surface area contributed by atoms with E-state index in [1.54, 1.807) is 6.33 Å². The second-order valence-electron chi connectivity index (χ2n) is 7.38. The fourth-order valence-electron chi connectivity index (χ4n) is 3.43. The SMILES string of the molecule is CCc1nncn1CCN=C(NC(C)CC)N1CCN(c2ccccc2Cl)CC1.I. The van der Waals surface area contributed by atoms with Crippen LogP contribution in [0.4, 0.5) is 5.69 Å². The van der Waals surface area contributed by atoms with Crippen molar-refractivity contribution in [2.45, 2.75) is 46.2 Å². The third kappa shape index (κ3) is 6.47. The molecule has 1 saturated heterocycles. The minimum atomic E-state index is 0. The number of nitrogens with zero attached hydrogens (tertiary/aromatic N) is 6. The molecule has 9 heteroatoms. The molecule has 30 heavy (non-hydrogen) atoms. The molecule has 7 nitrogen and oxygen atoms in total. The van der Waals surface area contributed by atoms with Crippen molar-refractivity contribution in [3.05, 3.63) is 41.4 Å². The fraction of sp³-hybridized carbons (Fsp3) is 0.571. The first-order valence-electron chi connectivity index (χ1n) is 10.5. The van der Waals surface area contributed by atoms with Gasteiger partial charge < -0.3 is 19.7 Å². The molecule has 2 aromatic rings. The van der Waals surface area contributed by atoms with Crippen molar-refractivity contribution in [3.8, 4) is 0 Å². The molecule has 0 radical (unpaired) electrons. The van der Waals surface area contributed by atoms with Gasteiger partial charge in [-0.15, -0.1) is 34.2 Å². The summed E-state index contributed by atoms with van der Waals surface area (Å²) in [6.45, 7) is 11.7. The van der Waals surface area contributed by atoms with E-state index in [9.17, 15) is 0 Å². The molecule has 1 aromatic heterocycles. The van der Waals surface area contributed by atoms with Crippen LogP contribution in [-0.2, 0) is 13.0 Å². The average Bonchev–Trinajstić information content (AvgIpc) is 3.21. The third-order valence-corrected chi connectivity index (χ3v) is 5.69. The maximum absolute atomic E-state index is 6.38. The summed E-state index contributed by atoms with van der Waals surface area (Å²) in [5, 5.41) is 12.6. The van der Waals surface area contributed by atoms with E-state index < -0.39 is 0 Å². The van der Waals surface area contributed by atoms with Crippen LogP contribution in [0.2, 0.25) is 5.02 Å². The zero-order valence-electron chi connectivity index (χ0n) is 18.1. The van der Waals surface area contributed by atoms with Crippen molar-refractivity contribution < 1.29 is 0 Å². The number of benzene rings is 1. The summed E-state index contributed by atoms with van der Waals surface area (Å²) in [6, 6.07) is 8.45. The zero-order valence-corrected chi connectivity index (χ0v) is 21.2. The van der Waals surface area contributed by atoms with Crippen molar-refractivity contribution >= 4 is 47.2 Å². The van der Waals surface area contributed by atoms with Gasteiger partial charge in [0, 0.05) is 45.2 Å². The first kappa shape index (κ1) is 24.7. The Morgan fingerprint density at radius 3 is 2.60 bits per heavy atom. The molecule has 1 unspecified atom stereocenters. The second-order valence-corrected chi connectivity index (χ2v) is 7.79. The summed E-state index contributed by atoms with van der Waals surface area (Å²) in [6.07, 6.45) is 3.73. The predicted octanol–water partition coefficient (Wildman–Crippen LogP) is 3.68. The fourth-order valence-corrected chi connectivity index (χ4v) is 3.69. The molecule has 0 spiro atoms. The highest BCUT2D eigenvalue weighted by Gasteiger charge is 2.22. The van der Waals surface area contributed by atoms with Crippen LogP contribution in [0, 0.1) is 0 Å². The van der Waals surface area contributed by atoms with E-state index in [0.29, 0.717) is 12.6 Å². The van der Waals surface area contributed by atoms with Gasteiger partial charge in [-0.05, 0) is 25.5 Å². The summed E-state index contributed by atoms with van der Waals surface area (Å²) >= 11 is 6.38. The van der Waals surface area contributed by atoms with Gasteiger partial charge in [-0.2, -0.15) is 0 Å². The highest BCUT2D eigenvalue weighted by atomic mass is 127. The molecule has 1 fully saturated rings. The second kappa shape index (κ2) is 12.3. The van der Waals surface area contributed by atoms with Gasteiger partial charge in [-0.25, -0.2) is 0 Å². The molecule has 3 rings (SSSR count). The van der Waals surface area contributed by atoms with Crippen molar-refractivity contribution in [1.29, 1.82) is 0 Å². The van der Waals surface area contributed by atoms with Crippen LogP contribution in [0.3, 0.4) is 0 Å². The smallest absolute Gasteiger partial charge is 0.194 e. The van der Waals surface area contributed by atoms with Crippen LogP contribution >= 0.6 is 35.6 Å². The lowest BCUT2D eigenvalue weighted by molar-refractivity contribution is 0.365. The molecule has 1 aliphatic heterocycles. The molecular weight excluding hydrogens is 513 g/mol. The summed E-state index contributed by atoms with van der Waals surface area (Å²) in [7, 11) is 0.